The van der Waals surface area contributed by atoms with E-state index in [2.05, 4.69) is 16.0 Å². The number of nitrogens with two attached hydrogens (primary N) is 2. The van der Waals surface area contributed by atoms with Gasteiger partial charge in [-0.2, -0.15) is 5.10 Å². The molecule has 1 fully saturated rings. The molecule has 2 heterocycles. The van der Waals surface area contributed by atoms with Gasteiger partial charge in [0.05, 0.1) is 23.0 Å². The number of carbonyl (C=O) groups is 5. The summed E-state index contributed by atoms with van der Waals surface area (Å²) in [5.41, 5.74) is 13.7. The molecule has 286 valence electrons. The number of aliphatic carboxylic acids is 1. The molecular formula is C36H46F2N8O6S. The number of amides is 4. The monoisotopic (exact) mass is 756 g/mol. The van der Waals surface area contributed by atoms with Crippen molar-refractivity contribution in [2.75, 3.05) is 31.9 Å². The van der Waals surface area contributed by atoms with Gasteiger partial charge in [0.15, 0.2) is 0 Å². The molecule has 1 aromatic heterocycles. The van der Waals surface area contributed by atoms with Crippen molar-refractivity contribution in [2.45, 2.75) is 63.4 Å². The van der Waals surface area contributed by atoms with Gasteiger partial charge in [0.2, 0.25) is 23.6 Å². The summed E-state index contributed by atoms with van der Waals surface area (Å²) in [5, 5.41) is 21.5. The molecule has 1 aliphatic heterocycles. The minimum atomic E-state index is -1.22. The predicted molar refractivity (Wildman–Crippen MR) is 195 cm³/mol. The second kappa shape index (κ2) is 18.4. The molecular weight excluding hydrogens is 711 g/mol. The average Bonchev–Trinajstić information content (AvgIpc) is 3.63. The van der Waals surface area contributed by atoms with E-state index in [1.165, 1.54) is 4.68 Å². The maximum Gasteiger partial charge on any atom is 0.321 e. The summed E-state index contributed by atoms with van der Waals surface area (Å²) in [6.07, 6.45) is 2.29. The van der Waals surface area contributed by atoms with Gasteiger partial charge < -0.3 is 32.5 Å². The standard InChI is InChI=1S/C36H46F2N8O6S/c1-36(2,3)32(31-22(15-21-7-5-4-6-8-21)18-46(44-31)27-16-23(37)9-10-24(27)38)42-12-11-25(39)33(49)43-14-13-41-29(47)19-45-30(48)17-28(34(45)50)53-20-26(40)35(51)52/h4-10,16,18,25-26,28,32,42H,11-15,17,19-20,39-40H2,1-3H3,(H,41,47)(H,43,49)(H,51,52)/t25-,26-,28?,32-/m0/s1. The smallest absolute Gasteiger partial charge is 0.321 e. The van der Waals surface area contributed by atoms with E-state index in [1.807, 2.05) is 51.1 Å². The van der Waals surface area contributed by atoms with Gasteiger partial charge in [-0.15, -0.1) is 11.8 Å². The number of aromatic nitrogens is 2. The lowest BCUT2D eigenvalue weighted by Crippen LogP contribution is -2.46. The maximum atomic E-state index is 14.8. The van der Waals surface area contributed by atoms with Crippen LogP contribution in [0.4, 0.5) is 8.78 Å². The highest BCUT2D eigenvalue weighted by atomic mass is 32.2. The minimum Gasteiger partial charge on any atom is -0.480 e. The summed E-state index contributed by atoms with van der Waals surface area (Å²) >= 11 is 0.958. The Bertz CT molecular complexity index is 1790. The van der Waals surface area contributed by atoms with E-state index >= 15 is 0 Å². The van der Waals surface area contributed by atoms with Crippen LogP contribution in [0.15, 0.2) is 54.7 Å². The fourth-order valence-corrected chi connectivity index (χ4v) is 6.80. The second-order valence-electron chi connectivity index (χ2n) is 13.8. The van der Waals surface area contributed by atoms with Crippen molar-refractivity contribution in [2.24, 2.45) is 16.9 Å². The largest absolute Gasteiger partial charge is 0.480 e. The quantitative estimate of drug-likeness (QED) is 0.0811. The fraction of sp³-hybridized carbons (Fsp3) is 0.444. The zero-order valence-electron chi connectivity index (χ0n) is 29.8. The Hall–Kier alpha value is -4.71. The number of imide groups is 1. The molecule has 0 spiro atoms. The van der Waals surface area contributed by atoms with Crippen LogP contribution in [0, 0.1) is 17.0 Å². The number of nitrogens with one attached hydrogen (secondary N) is 3. The molecule has 8 N–H and O–H groups in total. The fourth-order valence-electron chi connectivity index (χ4n) is 5.69. The number of benzene rings is 2. The lowest BCUT2D eigenvalue weighted by atomic mass is 9.83. The van der Waals surface area contributed by atoms with Gasteiger partial charge in [0, 0.05) is 43.9 Å². The molecule has 3 aromatic rings. The summed E-state index contributed by atoms with van der Waals surface area (Å²) < 4.78 is 30.3. The number of hydrogen-bond donors (Lipinski definition) is 6. The molecule has 0 radical (unpaired) electrons. The SMILES string of the molecule is CC(C)(C)[C@@H](NCC[C@H](N)C(=O)NCCNC(=O)CN1C(=O)CC(SC[C@H](N)C(=O)O)C1=O)c1nn(-c2cc(F)ccc2F)cc1Cc1ccccc1. The van der Waals surface area contributed by atoms with Crippen LogP contribution in [-0.2, 0) is 30.4 Å². The van der Waals surface area contributed by atoms with Crippen LogP contribution < -0.4 is 27.4 Å². The van der Waals surface area contributed by atoms with Crippen LogP contribution in [0.3, 0.4) is 0 Å². The first-order valence-electron chi connectivity index (χ1n) is 17.1. The van der Waals surface area contributed by atoms with Crippen molar-refractivity contribution in [1.29, 1.82) is 0 Å². The number of rotatable bonds is 18. The Morgan fingerprint density at radius 2 is 1.72 bits per heavy atom. The van der Waals surface area contributed by atoms with Crippen LogP contribution in [0.5, 0.6) is 0 Å². The lowest BCUT2D eigenvalue weighted by Gasteiger charge is -2.31. The molecule has 4 atom stereocenters. The summed E-state index contributed by atoms with van der Waals surface area (Å²) in [4.78, 5) is 61.8. The number of halogens is 2. The molecule has 0 saturated carbocycles. The second-order valence-corrected chi connectivity index (χ2v) is 15.1. The molecule has 2 aromatic carbocycles. The molecule has 0 aliphatic carbocycles. The number of thioether (sulfide) groups is 1. The predicted octanol–water partition coefficient (Wildman–Crippen LogP) is 1.64. The van der Waals surface area contributed by atoms with Crippen LogP contribution >= 0.6 is 11.8 Å². The number of carbonyl (C=O) groups excluding carboxylic acids is 4. The molecule has 0 bridgehead atoms. The molecule has 4 amide bonds. The molecule has 1 aliphatic rings. The number of carboxylic acid groups (broad SMARTS) is 1. The summed E-state index contributed by atoms with van der Waals surface area (Å²) in [6.45, 7) is 5.93. The maximum absolute atomic E-state index is 14.8. The minimum absolute atomic E-state index is 0.0161. The molecule has 53 heavy (non-hydrogen) atoms. The third kappa shape index (κ3) is 11.4. The normalized spacial score (nSPS) is 16.4. The van der Waals surface area contributed by atoms with Gasteiger partial charge in [0.25, 0.3) is 0 Å². The van der Waals surface area contributed by atoms with Gasteiger partial charge in [-0.05, 0) is 41.6 Å². The Morgan fingerprint density at radius 1 is 1.02 bits per heavy atom. The van der Waals surface area contributed by atoms with Gasteiger partial charge in [-0.1, -0.05) is 51.1 Å². The van der Waals surface area contributed by atoms with Crippen molar-refractivity contribution in [3.63, 3.8) is 0 Å². The van der Waals surface area contributed by atoms with E-state index in [-0.39, 0.29) is 43.4 Å². The Morgan fingerprint density at radius 3 is 2.40 bits per heavy atom. The number of hydrogen-bond acceptors (Lipinski definition) is 10. The van der Waals surface area contributed by atoms with E-state index in [4.69, 9.17) is 21.7 Å². The van der Waals surface area contributed by atoms with Crippen molar-refractivity contribution in [3.05, 3.63) is 83.2 Å². The topological polar surface area (TPSA) is 215 Å². The van der Waals surface area contributed by atoms with Gasteiger partial charge in [-0.3, -0.25) is 28.9 Å². The van der Waals surface area contributed by atoms with E-state index in [0.717, 1.165) is 46.0 Å². The van der Waals surface area contributed by atoms with Crippen LogP contribution in [-0.4, -0.2) is 98.7 Å². The summed E-state index contributed by atoms with van der Waals surface area (Å²) in [6, 6.07) is 10.5. The van der Waals surface area contributed by atoms with Gasteiger partial charge in [-0.25, -0.2) is 13.5 Å². The first kappa shape index (κ1) is 41.1. The number of nitrogens with zero attached hydrogens (tertiary/aromatic N) is 3. The van der Waals surface area contributed by atoms with Crippen LogP contribution in [0.1, 0.15) is 56.5 Å². The third-order valence-corrected chi connectivity index (χ3v) is 9.86. The molecule has 14 nitrogen and oxygen atoms in total. The molecule has 17 heteroatoms. The van der Waals surface area contributed by atoms with E-state index in [9.17, 15) is 32.8 Å². The van der Waals surface area contributed by atoms with E-state index in [0.29, 0.717) is 18.7 Å². The van der Waals surface area contributed by atoms with Crippen molar-refractivity contribution in [1.82, 2.24) is 30.6 Å². The number of carboxylic acids is 1. The Labute approximate surface area is 310 Å². The van der Waals surface area contributed by atoms with E-state index in [1.54, 1.807) is 6.20 Å². The Balaban J connectivity index is 1.29. The van der Waals surface area contributed by atoms with Crippen molar-refractivity contribution >= 4 is 41.4 Å². The highest BCUT2D eigenvalue weighted by molar-refractivity contribution is 8.00. The molecule has 1 unspecified atom stereocenters. The molecule has 1 saturated heterocycles. The highest BCUT2D eigenvalue weighted by Gasteiger charge is 2.40. The summed E-state index contributed by atoms with van der Waals surface area (Å²) in [7, 11) is 0. The first-order chi connectivity index (χ1) is 25.0. The lowest BCUT2D eigenvalue weighted by molar-refractivity contribution is -0.142. The van der Waals surface area contributed by atoms with Crippen molar-refractivity contribution in [3.8, 4) is 5.69 Å². The highest BCUT2D eigenvalue weighted by Crippen LogP contribution is 2.35. The zero-order valence-corrected chi connectivity index (χ0v) is 30.6. The van der Waals surface area contributed by atoms with Crippen molar-refractivity contribution < 1.29 is 37.9 Å². The zero-order chi connectivity index (χ0) is 38.9. The van der Waals surface area contributed by atoms with E-state index < -0.39 is 70.5 Å². The van der Waals surface area contributed by atoms with Crippen LogP contribution in [0.2, 0.25) is 0 Å². The molecule has 4 rings (SSSR count). The van der Waals surface area contributed by atoms with Gasteiger partial charge in [0.1, 0.15) is 29.9 Å². The Kier molecular flexibility index (Phi) is 14.2. The van der Waals surface area contributed by atoms with Crippen LogP contribution in [0.25, 0.3) is 5.69 Å². The summed E-state index contributed by atoms with van der Waals surface area (Å²) in [5.74, 6) is -4.69. The first-order valence-corrected chi connectivity index (χ1v) is 18.1. The third-order valence-electron chi connectivity index (χ3n) is 8.54. The van der Waals surface area contributed by atoms with Gasteiger partial charge >= 0.3 is 5.97 Å². The average molecular weight is 757 g/mol. The number of likely N-dealkylation sites (tertiary alicyclic amines) is 1.